The molecule has 3 nitrogen and oxygen atoms in total. The number of rotatable bonds is 6. The Hall–Kier alpha value is -0.830. The molecule has 1 aromatic rings. The first-order valence-electron chi connectivity index (χ1n) is 7.63. The summed E-state index contributed by atoms with van der Waals surface area (Å²) in [6.45, 7) is 16.0. The lowest BCUT2D eigenvalue weighted by atomic mass is 10.0. The number of aromatic nitrogens is 2. The Balaban J connectivity index is 2.29. The Kier molecular flexibility index (Phi) is 3.78. The highest BCUT2D eigenvalue weighted by Gasteiger charge is 2.67. The zero-order valence-corrected chi connectivity index (χ0v) is 13.3. The van der Waals surface area contributed by atoms with E-state index in [1.807, 2.05) is 6.20 Å². The van der Waals surface area contributed by atoms with Crippen molar-refractivity contribution in [1.29, 1.82) is 0 Å². The molecule has 3 heteroatoms. The normalized spacial score (nSPS) is 22.4. The first-order chi connectivity index (χ1) is 8.87. The fourth-order valence-electron chi connectivity index (χ4n) is 3.70. The van der Waals surface area contributed by atoms with Gasteiger partial charge in [-0.3, -0.25) is 4.68 Å². The van der Waals surface area contributed by atoms with Crippen molar-refractivity contribution >= 4 is 0 Å². The predicted octanol–water partition coefficient (Wildman–Crippen LogP) is 3.63. The van der Waals surface area contributed by atoms with Gasteiger partial charge in [0.2, 0.25) is 0 Å². The van der Waals surface area contributed by atoms with Crippen molar-refractivity contribution < 1.29 is 0 Å². The van der Waals surface area contributed by atoms with E-state index in [0.29, 0.717) is 22.8 Å². The van der Waals surface area contributed by atoms with Gasteiger partial charge in [0.1, 0.15) is 0 Å². The van der Waals surface area contributed by atoms with Crippen molar-refractivity contribution in [3.05, 3.63) is 18.0 Å². The highest BCUT2D eigenvalue weighted by Crippen LogP contribution is 2.72. The van der Waals surface area contributed by atoms with E-state index in [2.05, 4.69) is 62.7 Å². The molecule has 0 aliphatic heterocycles. The molecule has 1 saturated carbocycles. The standard InChI is InChI=1S/C16H29N3/c1-7-11-19-12(9-10-18-19)13(17-8-2)14-15(3,4)16(14,5)6/h9-10,13-14,17H,7-8,11H2,1-6H3. The third kappa shape index (κ3) is 2.22. The van der Waals surface area contributed by atoms with E-state index in [1.165, 1.54) is 5.69 Å². The van der Waals surface area contributed by atoms with Crippen molar-refractivity contribution in [2.45, 2.75) is 60.5 Å². The largest absolute Gasteiger partial charge is 0.309 e. The minimum atomic E-state index is 0.390. The van der Waals surface area contributed by atoms with E-state index in [-0.39, 0.29) is 0 Å². The molecule has 1 aliphatic carbocycles. The van der Waals surface area contributed by atoms with Crippen LogP contribution in [0.1, 0.15) is 59.7 Å². The van der Waals surface area contributed by atoms with Crippen molar-refractivity contribution in [2.24, 2.45) is 16.7 Å². The van der Waals surface area contributed by atoms with Crippen LogP contribution in [0.4, 0.5) is 0 Å². The van der Waals surface area contributed by atoms with E-state index in [9.17, 15) is 0 Å². The van der Waals surface area contributed by atoms with Gasteiger partial charge in [0.15, 0.2) is 0 Å². The fourth-order valence-corrected chi connectivity index (χ4v) is 3.70. The van der Waals surface area contributed by atoms with Crippen LogP contribution in [0, 0.1) is 16.7 Å². The Labute approximate surface area is 117 Å². The van der Waals surface area contributed by atoms with Crippen LogP contribution in [-0.2, 0) is 6.54 Å². The van der Waals surface area contributed by atoms with Gasteiger partial charge >= 0.3 is 0 Å². The smallest absolute Gasteiger partial charge is 0.0556 e. The third-order valence-corrected chi connectivity index (χ3v) is 5.39. The summed E-state index contributed by atoms with van der Waals surface area (Å²) in [7, 11) is 0. The summed E-state index contributed by atoms with van der Waals surface area (Å²) >= 11 is 0. The van der Waals surface area contributed by atoms with Gasteiger partial charge in [-0.1, -0.05) is 41.5 Å². The van der Waals surface area contributed by atoms with Gasteiger partial charge in [0, 0.05) is 12.7 Å². The number of hydrogen-bond acceptors (Lipinski definition) is 2. The van der Waals surface area contributed by atoms with Gasteiger partial charge in [-0.25, -0.2) is 0 Å². The summed E-state index contributed by atoms with van der Waals surface area (Å²) in [4.78, 5) is 0. The lowest BCUT2D eigenvalue weighted by molar-refractivity contribution is 0.387. The second-order valence-electron chi connectivity index (χ2n) is 6.94. The number of nitrogens with zero attached hydrogens (tertiary/aromatic N) is 2. The van der Waals surface area contributed by atoms with Gasteiger partial charge < -0.3 is 5.32 Å². The van der Waals surface area contributed by atoms with E-state index in [4.69, 9.17) is 0 Å². The average Bonchev–Trinajstić information content (AvgIpc) is 2.69. The molecular formula is C16H29N3. The van der Waals surface area contributed by atoms with E-state index in [1.54, 1.807) is 0 Å². The average molecular weight is 263 g/mol. The Morgan fingerprint density at radius 1 is 1.26 bits per heavy atom. The fraction of sp³-hybridized carbons (Fsp3) is 0.812. The summed E-state index contributed by atoms with van der Waals surface area (Å²) in [5.74, 6) is 0.673. The molecular weight excluding hydrogens is 234 g/mol. The number of aryl methyl sites for hydroxylation is 1. The Morgan fingerprint density at radius 2 is 1.89 bits per heavy atom. The minimum Gasteiger partial charge on any atom is -0.309 e. The second kappa shape index (κ2) is 4.93. The molecule has 108 valence electrons. The molecule has 2 rings (SSSR count). The molecule has 1 N–H and O–H groups in total. The molecule has 1 unspecified atom stereocenters. The third-order valence-electron chi connectivity index (χ3n) is 5.39. The van der Waals surface area contributed by atoms with E-state index >= 15 is 0 Å². The highest BCUT2D eigenvalue weighted by atomic mass is 15.3. The predicted molar refractivity (Wildman–Crippen MR) is 80.0 cm³/mol. The first-order valence-corrected chi connectivity index (χ1v) is 7.63. The van der Waals surface area contributed by atoms with Crippen LogP contribution in [0.15, 0.2) is 12.3 Å². The topological polar surface area (TPSA) is 29.9 Å². The van der Waals surface area contributed by atoms with Crippen molar-refractivity contribution in [3.8, 4) is 0 Å². The molecule has 1 aliphatic rings. The van der Waals surface area contributed by atoms with Crippen LogP contribution in [0.5, 0.6) is 0 Å². The van der Waals surface area contributed by atoms with E-state index < -0.39 is 0 Å². The molecule has 1 aromatic heterocycles. The highest BCUT2D eigenvalue weighted by molar-refractivity contribution is 5.22. The summed E-state index contributed by atoms with van der Waals surface area (Å²) in [6.07, 6.45) is 3.07. The molecule has 0 radical (unpaired) electrons. The number of nitrogens with one attached hydrogen (secondary N) is 1. The molecule has 0 saturated heterocycles. The van der Waals surface area contributed by atoms with Crippen LogP contribution in [-0.4, -0.2) is 16.3 Å². The maximum atomic E-state index is 4.49. The molecule has 1 atom stereocenters. The van der Waals surface area contributed by atoms with Gasteiger partial charge in [0.25, 0.3) is 0 Å². The molecule has 0 amide bonds. The second-order valence-corrected chi connectivity index (χ2v) is 6.94. The zero-order valence-electron chi connectivity index (χ0n) is 13.3. The van der Waals surface area contributed by atoms with Crippen molar-refractivity contribution in [1.82, 2.24) is 15.1 Å². The molecule has 0 bridgehead atoms. The van der Waals surface area contributed by atoms with Crippen LogP contribution in [0.25, 0.3) is 0 Å². The van der Waals surface area contributed by atoms with Crippen LogP contribution < -0.4 is 5.32 Å². The van der Waals surface area contributed by atoms with Crippen LogP contribution >= 0.6 is 0 Å². The maximum absolute atomic E-state index is 4.49. The SMILES string of the molecule is CCCn1nccc1C(NCC)C1C(C)(C)C1(C)C. The lowest BCUT2D eigenvalue weighted by Crippen LogP contribution is -2.27. The summed E-state index contributed by atoms with van der Waals surface area (Å²) < 4.78 is 2.18. The summed E-state index contributed by atoms with van der Waals surface area (Å²) in [5.41, 5.74) is 2.13. The maximum Gasteiger partial charge on any atom is 0.0556 e. The molecule has 1 fully saturated rings. The molecule has 1 heterocycles. The monoisotopic (exact) mass is 263 g/mol. The quantitative estimate of drug-likeness (QED) is 0.849. The molecule has 19 heavy (non-hydrogen) atoms. The summed E-state index contributed by atoms with van der Waals surface area (Å²) in [6, 6.07) is 2.61. The van der Waals surface area contributed by atoms with Crippen LogP contribution in [0.2, 0.25) is 0 Å². The van der Waals surface area contributed by atoms with Gasteiger partial charge in [-0.15, -0.1) is 0 Å². The Morgan fingerprint density at radius 3 is 2.37 bits per heavy atom. The Bertz CT molecular complexity index is 417. The van der Waals surface area contributed by atoms with E-state index in [0.717, 1.165) is 19.5 Å². The van der Waals surface area contributed by atoms with Gasteiger partial charge in [-0.2, -0.15) is 5.10 Å². The van der Waals surface area contributed by atoms with Crippen molar-refractivity contribution in [3.63, 3.8) is 0 Å². The first kappa shape index (κ1) is 14.6. The van der Waals surface area contributed by atoms with Gasteiger partial charge in [-0.05, 0) is 35.8 Å². The number of hydrogen-bond donors (Lipinski definition) is 1. The zero-order chi connectivity index (χ0) is 14.3. The lowest BCUT2D eigenvalue weighted by Gasteiger charge is -2.21. The van der Waals surface area contributed by atoms with Crippen molar-refractivity contribution in [2.75, 3.05) is 6.54 Å². The van der Waals surface area contributed by atoms with Gasteiger partial charge in [0.05, 0.1) is 11.7 Å². The summed E-state index contributed by atoms with van der Waals surface area (Å²) in [5, 5.41) is 8.19. The molecule has 0 spiro atoms. The minimum absolute atomic E-state index is 0.390. The van der Waals surface area contributed by atoms with Crippen LogP contribution in [0.3, 0.4) is 0 Å². The molecule has 0 aromatic carbocycles.